The lowest BCUT2D eigenvalue weighted by Crippen LogP contribution is -2.31. The number of carbonyl (C=O) groups is 1. The van der Waals surface area contributed by atoms with Crippen LogP contribution in [0, 0.1) is 5.92 Å². The van der Waals surface area contributed by atoms with Crippen LogP contribution in [0.2, 0.25) is 5.02 Å². The van der Waals surface area contributed by atoms with E-state index in [4.69, 9.17) is 28.6 Å². The Morgan fingerprint density at radius 1 is 1.48 bits per heavy atom. The molecule has 0 saturated carbocycles. The quantitative estimate of drug-likeness (QED) is 0.412. The number of hydrogen-bond acceptors (Lipinski definition) is 4. The molecule has 0 N–H and O–H groups in total. The van der Waals surface area contributed by atoms with Crippen LogP contribution < -0.4 is 4.74 Å². The third-order valence-corrected chi connectivity index (χ3v) is 4.70. The molecule has 0 spiro atoms. The molecule has 1 fully saturated rings. The second-order valence-electron chi connectivity index (χ2n) is 5.48. The summed E-state index contributed by atoms with van der Waals surface area (Å²) in [6.07, 6.45) is 3.47. The van der Waals surface area contributed by atoms with Gasteiger partial charge in [0, 0.05) is 6.54 Å². The third-order valence-electron chi connectivity index (χ3n) is 3.03. The largest absolute Gasteiger partial charge is 0.488 e. The fraction of sp³-hybridized carbons (Fsp3) is 0.294. The highest BCUT2D eigenvalue weighted by atomic mass is 35.5. The molecule has 1 aliphatic rings. The van der Waals surface area contributed by atoms with Gasteiger partial charge in [0.25, 0.3) is 5.91 Å². The van der Waals surface area contributed by atoms with Gasteiger partial charge in [0.05, 0.1) is 9.93 Å². The second kappa shape index (κ2) is 7.99. The maximum atomic E-state index is 12.4. The Hall–Kier alpha value is -1.30. The summed E-state index contributed by atoms with van der Waals surface area (Å²) in [6.45, 7) is 8.75. The van der Waals surface area contributed by atoms with E-state index >= 15 is 0 Å². The van der Waals surface area contributed by atoms with E-state index in [1.54, 1.807) is 23.1 Å². The highest BCUT2D eigenvalue weighted by molar-refractivity contribution is 8.26. The van der Waals surface area contributed by atoms with E-state index in [0.717, 1.165) is 5.56 Å². The summed E-state index contributed by atoms with van der Waals surface area (Å²) in [7, 11) is 0. The van der Waals surface area contributed by atoms with Crippen molar-refractivity contribution >= 4 is 51.9 Å². The Kier molecular flexibility index (Phi) is 6.27. The van der Waals surface area contributed by atoms with E-state index in [9.17, 15) is 4.79 Å². The lowest BCUT2D eigenvalue weighted by Gasteiger charge is -2.16. The van der Waals surface area contributed by atoms with Crippen LogP contribution in [0.4, 0.5) is 0 Å². The Labute approximate surface area is 151 Å². The smallest absolute Gasteiger partial charge is 0.266 e. The minimum absolute atomic E-state index is 0.0446. The maximum absolute atomic E-state index is 12.4. The summed E-state index contributed by atoms with van der Waals surface area (Å²) in [5.41, 5.74) is 0.839. The van der Waals surface area contributed by atoms with Crippen LogP contribution in [0.15, 0.2) is 35.8 Å². The monoisotopic (exact) mass is 367 g/mol. The second-order valence-corrected chi connectivity index (χ2v) is 7.56. The van der Waals surface area contributed by atoms with Crippen molar-refractivity contribution in [2.45, 2.75) is 13.8 Å². The van der Waals surface area contributed by atoms with Gasteiger partial charge >= 0.3 is 0 Å². The van der Waals surface area contributed by atoms with Crippen molar-refractivity contribution in [2.75, 3.05) is 13.2 Å². The van der Waals surface area contributed by atoms with Crippen molar-refractivity contribution in [2.24, 2.45) is 5.92 Å². The van der Waals surface area contributed by atoms with Crippen LogP contribution in [0.5, 0.6) is 5.75 Å². The van der Waals surface area contributed by atoms with E-state index in [-0.39, 0.29) is 5.91 Å². The molecule has 0 unspecified atom stereocenters. The minimum atomic E-state index is -0.0446. The molecule has 122 valence electrons. The molecule has 3 nitrogen and oxygen atoms in total. The molecule has 0 radical (unpaired) electrons. The number of nitrogens with zero attached hydrogens (tertiary/aromatic N) is 1. The van der Waals surface area contributed by atoms with Crippen molar-refractivity contribution < 1.29 is 9.53 Å². The van der Waals surface area contributed by atoms with Gasteiger partial charge in [-0.2, -0.15) is 0 Å². The van der Waals surface area contributed by atoms with Gasteiger partial charge in [-0.3, -0.25) is 9.69 Å². The number of rotatable bonds is 6. The van der Waals surface area contributed by atoms with Crippen LogP contribution >= 0.6 is 35.6 Å². The van der Waals surface area contributed by atoms with Gasteiger partial charge in [-0.15, -0.1) is 0 Å². The molecule has 1 aromatic rings. The van der Waals surface area contributed by atoms with Crippen LogP contribution in [0.1, 0.15) is 19.4 Å². The first-order chi connectivity index (χ1) is 10.9. The maximum Gasteiger partial charge on any atom is 0.266 e. The van der Waals surface area contributed by atoms with E-state index < -0.39 is 0 Å². The molecule has 0 bridgehead atoms. The fourth-order valence-corrected chi connectivity index (χ4v) is 3.57. The molecule has 1 amide bonds. The van der Waals surface area contributed by atoms with E-state index in [0.29, 0.717) is 39.1 Å². The molecule has 6 heteroatoms. The number of hydrogen-bond donors (Lipinski definition) is 0. The first-order valence-electron chi connectivity index (χ1n) is 7.21. The molecule has 1 heterocycles. The van der Waals surface area contributed by atoms with Gasteiger partial charge in [0.1, 0.15) is 16.7 Å². The molecule has 23 heavy (non-hydrogen) atoms. The van der Waals surface area contributed by atoms with Crippen molar-refractivity contribution in [3.63, 3.8) is 0 Å². The van der Waals surface area contributed by atoms with E-state index in [1.165, 1.54) is 11.8 Å². The zero-order chi connectivity index (χ0) is 17.0. The number of benzene rings is 1. The SMILES string of the molecule is C=CCOc1ccc(/C=C2\SC(=S)N(CC(C)C)C2=O)cc1Cl. The molecule has 1 aliphatic heterocycles. The summed E-state index contributed by atoms with van der Waals surface area (Å²) in [5.74, 6) is 0.917. The lowest BCUT2D eigenvalue weighted by molar-refractivity contribution is -0.122. The number of thioether (sulfide) groups is 1. The number of halogens is 1. The zero-order valence-electron chi connectivity index (χ0n) is 13.0. The number of ether oxygens (including phenoxy) is 1. The third kappa shape index (κ3) is 4.59. The first-order valence-corrected chi connectivity index (χ1v) is 8.81. The Balaban J connectivity index is 2.19. The predicted octanol–water partition coefficient (Wildman–Crippen LogP) is 4.76. The molecular formula is C17H18ClNO2S2. The van der Waals surface area contributed by atoms with Crippen LogP contribution in [0.3, 0.4) is 0 Å². The van der Waals surface area contributed by atoms with Crippen LogP contribution in [0.25, 0.3) is 6.08 Å². The molecular weight excluding hydrogens is 350 g/mol. The minimum Gasteiger partial charge on any atom is -0.488 e. The fourth-order valence-electron chi connectivity index (χ4n) is 2.05. The van der Waals surface area contributed by atoms with Gasteiger partial charge in [0.15, 0.2) is 0 Å². The van der Waals surface area contributed by atoms with Crippen molar-refractivity contribution in [1.82, 2.24) is 4.90 Å². The molecule has 0 aliphatic carbocycles. The van der Waals surface area contributed by atoms with Gasteiger partial charge in [-0.25, -0.2) is 0 Å². The molecule has 2 rings (SSSR count). The number of carbonyl (C=O) groups excluding carboxylic acids is 1. The number of thiocarbonyl (C=S) groups is 1. The highest BCUT2D eigenvalue weighted by Gasteiger charge is 2.32. The van der Waals surface area contributed by atoms with Crippen LogP contribution in [-0.4, -0.2) is 28.3 Å². The van der Waals surface area contributed by atoms with E-state index in [1.807, 2.05) is 12.1 Å². The standard InChI is InChI=1S/C17H18ClNO2S2/c1-4-7-21-14-6-5-12(8-13(14)18)9-15-16(20)19(10-11(2)3)17(22)23-15/h4-6,8-9,11H,1,7,10H2,2-3H3/b15-9-. The first kappa shape index (κ1) is 18.0. The van der Waals surface area contributed by atoms with Crippen molar-refractivity contribution in [3.05, 3.63) is 46.3 Å². The van der Waals surface area contributed by atoms with Crippen LogP contribution in [-0.2, 0) is 4.79 Å². The topological polar surface area (TPSA) is 29.5 Å². The Bertz CT molecular complexity index is 671. The molecule has 0 aromatic heterocycles. The van der Waals surface area contributed by atoms with Gasteiger partial charge < -0.3 is 4.74 Å². The van der Waals surface area contributed by atoms with Crippen molar-refractivity contribution in [1.29, 1.82) is 0 Å². The summed E-state index contributed by atoms with van der Waals surface area (Å²) in [4.78, 5) is 14.7. The molecule has 1 saturated heterocycles. The van der Waals surface area contributed by atoms with E-state index in [2.05, 4.69) is 20.4 Å². The average Bonchev–Trinajstić information content (AvgIpc) is 2.74. The highest BCUT2D eigenvalue weighted by Crippen LogP contribution is 2.34. The lowest BCUT2D eigenvalue weighted by atomic mass is 10.2. The summed E-state index contributed by atoms with van der Waals surface area (Å²) in [5, 5.41) is 0.498. The number of amides is 1. The Morgan fingerprint density at radius 2 is 2.22 bits per heavy atom. The van der Waals surface area contributed by atoms with Gasteiger partial charge in [-0.05, 0) is 29.7 Å². The van der Waals surface area contributed by atoms with Crippen molar-refractivity contribution in [3.8, 4) is 5.75 Å². The zero-order valence-corrected chi connectivity index (χ0v) is 15.4. The summed E-state index contributed by atoms with van der Waals surface area (Å²) in [6, 6.07) is 5.42. The summed E-state index contributed by atoms with van der Waals surface area (Å²) >= 11 is 12.8. The Morgan fingerprint density at radius 3 is 2.83 bits per heavy atom. The predicted molar refractivity (Wildman–Crippen MR) is 102 cm³/mol. The molecule has 0 atom stereocenters. The van der Waals surface area contributed by atoms with Gasteiger partial charge in [0.2, 0.25) is 0 Å². The van der Waals surface area contributed by atoms with Gasteiger partial charge in [-0.1, -0.05) is 68.1 Å². The normalized spacial score (nSPS) is 16.5. The summed E-state index contributed by atoms with van der Waals surface area (Å²) < 4.78 is 6.04. The molecule has 1 aromatic carbocycles. The average molecular weight is 368 g/mol.